The van der Waals surface area contributed by atoms with E-state index in [2.05, 4.69) is 22.0 Å². The van der Waals surface area contributed by atoms with E-state index >= 15 is 0 Å². The molecule has 5 nitrogen and oxygen atoms in total. The number of methoxy groups -OCH3 is 1. The van der Waals surface area contributed by atoms with Gasteiger partial charge >= 0.3 is 0 Å². The van der Waals surface area contributed by atoms with E-state index in [0.717, 1.165) is 23.0 Å². The SMILES string of the molecule is COCCNC(=O)/C(C#N)=C/c1cn(Cc2ccccc2)c2ccccc12. The van der Waals surface area contributed by atoms with E-state index in [1.807, 2.05) is 54.7 Å². The van der Waals surface area contributed by atoms with Crippen molar-refractivity contribution in [2.75, 3.05) is 20.3 Å². The van der Waals surface area contributed by atoms with Gasteiger partial charge in [0.15, 0.2) is 0 Å². The van der Waals surface area contributed by atoms with Gasteiger partial charge in [-0.05, 0) is 17.7 Å². The Balaban J connectivity index is 1.94. The van der Waals surface area contributed by atoms with Crippen LogP contribution in [0.15, 0.2) is 66.4 Å². The minimum absolute atomic E-state index is 0.0775. The third-order valence-electron chi connectivity index (χ3n) is 4.27. The number of hydrogen-bond acceptors (Lipinski definition) is 3. The molecule has 3 aromatic rings. The van der Waals surface area contributed by atoms with Crippen molar-refractivity contribution in [2.45, 2.75) is 6.54 Å². The normalized spacial score (nSPS) is 11.3. The average Bonchev–Trinajstić information content (AvgIpc) is 3.04. The lowest BCUT2D eigenvalue weighted by molar-refractivity contribution is -0.117. The quantitative estimate of drug-likeness (QED) is 0.400. The van der Waals surface area contributed by atoms with Crippen LogP contribution >= 0.6 is 0 Å². The highest BCUT2D eigenvalue weighted by Crippen LogP contribution is 2.24. The molecule has 1 N–H and O–H groups in total. The standard InChI is InChI=1S/C22H21N3O2/c1-27-12-11-24-22(26)18(14-23)13-19-16-25(15-17-7-3-2-4-8-17)21-10-6-5-9-20(19)21/h2-10,13,16H,11-12,15H2,1H3,(H,24,26)/b18-13+. The molecule has 0 radical (unpaired) electrons. The van der Waals surface area contributed by atoms with Crippen molar-refractivity contribution in [3.05, 3.63) is 77.5 Å². The summed E-state index contributed by atoms with van der Waals surface area (Å²) in [5, 5.41) is 13.1. The van der Waals surface area contributed by atoms with Gasteiger partial charge in [-0.1, -0.05) is 48.5 Å². The molecule has 136 valence electrons. The first-order chi connectivity index (χ1) is 13.2. The number of aromatic nitrogens is 1. The highest BCUT2D eigenvalue weighted by Gasteiger charge is 2.12. The Labute approximate surface area is 158 Å². The zero-order chi connectivity index (χ0) is 19.1. The van der Waals surface area contributed by atoms with Crippen LogP contribution in [0.5, 0.6) is 0 Å². The van der Waals surface area contributed by atoms with E-state index in [0.29, 0.717) is 13.2 Å². The Morgan fingerprint density at radius 3 is 2.67 bits per heavy atom. The van der Waals surface area contributed by atoms with Crippen LogP contribution in [0.3, 0.4) is 0 Å². The summed E-state index contributed by atoms with van der Waals surface area (Å²) in [5.41, 5.74) is 3.17. The van der Waals surface area contributed by atoms with Crippen LogP contribution in [0.2, 0.25) is 0 Å². The fourth-order valence-electron chi connectivity index (χ4n) is 2.97. The molecule has 2 aromatic carbocycles. The minimum Gasteiger partial charge on any atom is -0.383 e. The number of hydrogen-bond donors (Lipinski definition) is 1. The predicted molar refractivity (Wildman–Crippen MR) is 106 cm³/mol. The van der Waals surface area contributed by atoms with Gasteiger partial charge in [0, 0.05) is 42.9 Å². The summed E-state index contributed by atoms with van der Waals surface area (Å²) in [6.07, 6.45) is 3.63. The molecule has 0 spiro atoms. The fourth-order valence-corrected chi connectivity index (χ4v) is 2.97. The van der Waals surface area contributed by atoms with E-state index in [-0.39, 0.29) is 5.57 Å². The number of carbonyl (C=O) groups is 1. The van der Waals surface area contributed by atoms with Crippen molar-refractivity contribution in [2.24, 2.45) is 0 Å². The fraction of sp³-hybridized carbons (Fsp3) is 0.182. The number of benzene rings is 2. The van der Waals surface area contributed by atoms with Gasteiger partial charge in [-0.25, -0.2) is 0 Å². The van der Waals surface area contributed by atoms with Crippen LogP contribution in [0.25, 0.3) is 17.0 Å². The Bertz CT molecular complexity index is 997. The van der Waals surface area contributed by atoms with Crippen molar-refractivity contribution in [1.29, 1.82) is 5.26 Å². The van der Waals surface area contributed by atoms with E-state index < -0.39 is 5.91 Å². The van der Waals surface area contributed by atoms with Crippen LogP contribution in [0.4, 0.5) is 0 Å². The molecule has 0 saturated carbocycles. The number of nitrogens with one attached hydrogen (secondary N) is 1. The van der Waals surface area contributed by atoms with E-state index in [1.54, 1.807) is 13.2 Å². The first-order valence-electron chi connectivity index (χ1n) is 8.73. The zero-order valence-corrected chi connectivity index (χ0v) is 15.2. The topological polar surface area (TPSA) is 67.0 Å². The molecule has 0 saturated heterocycles. The molecule has 1 amide bonds. The number of carbonyl (C=O) groups excluding carboxylic acids is 1. The largest absolute Gasteiger partial charge is 0.383 e. The highest BCUT2D eigenvalue weighted by atomic mass is 16.5. The molecule has 0 atom stereocenters. The number of amides is 1. The monoisotopic (exact) mass is 359 g/mol. The van der Waals surface area contributed by atoms with Crippen molar-refractivity contribution in [3.63, 3.8) is 0 Å². The lowest BCUT2D eigenvalue weighted by Gasteiger charge is -2.05. The lowest BCUT2D eigenvalue weighted by atomic mass is 10.1. The predicted octanol–water partition coefficient (Wildman–Crippen LogP) is 3.36. The smallest absolute Gasteiger partial charge is 0.262 e. The average molecular weight is 359 g/mol. The maximum absolute atomic E-state index is 12.2. The summed E-state index contributed by atoms with van der Waals surface area (Å²) in [4.78, 5) is 12.2. The Morgan fingerprint density at radius 2 is 1.93 bits per heavy atom. The Morgan fingerprint density at radius 1 is 1.19 bits per heavy atom. The molecule has 5 heteroatoms. The van der Waals surface area contributed by atoms with Crippen LogP contribution in [-0.4, -0.2) is 30.7 Å². The van der Waals surface area contributed by atoms with Crippen LogP contribution in [0, 0.1) is 11.3 Å². The van der Waals surface area contributed by atoms with Gasteiger partial charge < -0.3 is 14.6 Å². The second kappa shape index (κ2) is 8.84. The van der Waals surface area contributed by atoms with Crippen LogP contribution < -0.4 is 5.32 Å². The maximum Gasteiger partial charge on any atom is 0.262 e. The Kier molecular flexibility index (Phi) is 6.03. The molecular weight excluding hydrogens is 338 g/mol. The summed E-state index contributed by atoms with van der Waals surface area (Å²) >= 11 is 0. The molecule has 0 fully saturated rings. The molecule has 0 bridgehead atoms. The van der Waals surface area contributed by atoms with Crippen LogP contribution in [-0.2, 0) is 16.1 Å². The highest BCUT2D eigenvalue weighted by molar-refractivity contribution is 6.04. The molecule has 0 unspecified atom stereocenters. The summed E-state index contributed by atoms with van der Waals surface area (Å²) in [5.74, 6) is -0.394. The first kappa shape index (κ1) is 18.4. The summed E-state index contributed by atoms with van der Waals surface area (Å²) in [6.45, 7) is 1.49. The van der Waals surface area contributed by atoms with E-state index in [4.69, 9.17) is 4.74 Å². The zero-order valence-electron chi connectivity index (χ0n) is 15.2. The van der Waals surface area contributed by atoms with Gasteiger partial charge in [0.1, 0.15) is 11.6 Å². The van der Waals surface area contributed by atoms with Gasteiger partial charge in [-0.15, -0.1) is 0 Å². The van der Waals surface area contributed by atoms with E-state index in [9.17, 15) is 10.1 Å². The molecule has 0 aliphatic heterocycles. The summed E-state index contributed by atoms with van der Waals surface area (Å²) in [6, 6.07) is 20.2. The van der Waals surface area contributed by atoms with Crippen molar-refractivity contribution in [1.82, 2.24) is 9.88 Å². The molecule has 27 heavy (non-hydrogen) atoms. The van der Waals surface area contributed by atoms with Gasteiger partial charge in [0.2, 0.25) is 0 Å². The molecular formula is C22H21N3O2. The van der Waals surface area contributed by atoms with Gasteiger partial charge in [0.25, 0.3) is 5.91 Å². The molecule has 1 heterocycles. The summed E-state index contributed by atoms with van der Waals surface area (Å²) < 4.78 is 7.05. The Hall–Kier alpha value is -3.36. The minimum atomic E-state index is -0.394. The summed E-state index contributed by atoms with van der Waals surface area (Å²) in [7, 11) is 1.56. The number of para-hydroxylation sites is 1. The van der Waals surface area contributed by atoms with Gasteiger partial charge in [-0.3, -0.25) is 4.79 Å². The number of fused-ring (bicyclic) bond motifs is 1. The van der Waals surface area contributed by atoms with Crippen molar-refractivity contribution in [3.8, 4) is 6.07 Å². The van der Waals surface area contributed by atoms with Crippen molar-refractivity contribution < 1.29 is 9.53 Å². The molecule has 0 aliphatic rings. The molecule has 0 aliphatic carbocycles. The van der Waals surface area contributed by atoms with Gasteiger partial charge in [-0.2, -0.15) is 5.26 Å². The molecule has 3 rings (SSSR count). The van der Waals surface area contributed by atoms with Crippen molar-refractivity contribution >= 4 is 22.9 Å². The second-order valence-electron chi connectivity index (χ2n) is 6.13. The van der Waals surface area contributed by atoms with E-state index in [1.165, 1.54) is 5.56 Å². The number of rotatable bonds is 7. The molecule has 1 aromatic heterocycles. The van der Waals surface area contributed by atoms with Crippen LogP contribution in [0.1, 0.15) is 11.1 Å². The number of nitrogens with zero attached hydrogens (tertiary/aromatic N) is 2. The number of nitriles is 1. The third-order valence-corrected chi connectivity index (χ3v) is 4.27. The lowest BCUT2D eigenvalue weighted by Crippen LogP contribution is -2.27. The van der Waals surface area contributed by atoms with Gasteiger partial charge in [0.05, 0.1) is 6.61 Å². The first-order valence-corrected chi connectivity index (χ1v) is 8.73. The number of ether oxygens (including phenoxy) is 1. The maximum atomic E-state index is 12.2. The second-order valence-corrected chi connectivity index (χ2v) is 6.13. The third kappa shape index (κ3) is 4.43.